The number of nitrogens with zero attached hydrogens (tertiary/aromatic N) is 3. The summed E-state index contributed by atoms with van der Waals surface area (Å²) in [7, 11) is 1.63. The zero-order valence-electron chi connectivity index (χ0n) is 22.6. The van der Waals surface area contributed by atoms with E-state index in [1.807, 2.05) is 84.9 Å². The van der Waals surface area contributed by atoms with Gasteiger partial charge in [0.05, 0.1) is 7.11 Å². The molecule has 4 aromatic carbocycles. The number of pyridine rings is 2. The minimum Gasteiger partial charge on any atom is -0.503 e. The number of ether oxygens (including phenoxy) is 3. The summed E-state index contributed by atoms with van der Waals surface area (Å²) in [6.07, 6.45) is 3.39. The maximum absolute atomic E-state index is 6.34. The van der Waals surface area contributed by atoms with E-state index in [4.69, 9.17) is 14.2 Å². The Morgan fingerprint density at radius 1 is 0.571 bits per heavy atom. The molecule has 0 saturated carbocycles. The van der Waals surface area contributed by atoms with Crippen LogP contribution in [0.25, 0.3) is 11.3 Å². The number of benzene rings is 4. The number of rotatable bonds is 9. The molecule has 0 atom stereocenters. The standard InChI is InChI=1S/C35H25N3O3.Pd/c1-39-30-18-20-36-34(25-30)26-11-10-16-31(21-26)40-32-22-29(23-33(24-32)41-35-17-8-9-19-37-35)38(27-12-4-2-5-13-27)28-14-6-3-7-15-28;/h2-20,22-23,25H,1H3;/q-2;+2. The molecule has 6 nitrogen and oxygen atoms in total. The Hall–Kier alpha value is -4.96. The number of aromatic nitrogens is 2. The molecule has 0 aliphatic heterocycles. The van der Waals surface area contributed by atoms with Gasteiger partial charge in [-0.2, -0.15) is 0 Å². The van der Waals surface area contributed by atoms with Crippen LogP contribution in [0.4, 0.5) is 17.1 Å². The van der Waals surface area contributed by atoms with Crippen LogP contribution in [0.2, 0.25) is 0 Å². The van der Waals surface area contributed by atoms with E-state index < -0.39 is 0 Å². The largest absolute Gasteiger partial charge is 2.00 e. The van der Waals surface area contributed by atoms with Crippen LogP contribution in [0, 0.1) is 12.1 Å². The van der Waals surface area contributed by atoms with Crippen molar-refractivity contribution in [1.82, 2.24) is 9.97 Å². The molecule has 0 aliphatic rings. The summed E-state index contributed by atoms with van der Waals surface area (Å²) < 4.78 is 17.8. The number of anilines is 3. The van der Waals surface area contributed by atoms with Gasteiger partial charge in [0.1, 0.15) is 5.75 Å². The average molecular weight is 642 g/mol. The van der Waals surface area contributed by atoms with Crippen molar-refractivity contribution in [3.8, 4) is 40.1 Å². The van der Waals surface area contributed by atoms with Crippen molar-refractivity contribution in [1.29, 1.82) is 0 Å². The second kappa shape index (κ2) is 13.6. The van der Waals surface area contributed by atoms with Gasteiger partial charge in [-0.05, 0) is 48.2 Å². The zero-order valence-corrected chi connectivity index (χ0v) is 24.1. The molecule has 6 rings (SSSR count). The monoisotopic (exact) mass is 641 g/mol. The predicted octanol–water partition coefficient (Wildman–Crippen LogP) is 8.80. The molecule has 2 heterocycles. The first kappa shape index (κ1) is 28.6. The van der Waals surface area contributed by atoms with Crippen LogP contribution in [0.5, 0.6) is 28.9 Å². The van der Waals surface area contributed by atoms with Gasteiger partial charge in [-0.15, -0.1) is 35.9 Å². The minimum absolute atomic E-state index is 0. The summed E-state index contributed by atoms with van der Waals surface area (Å²) in [5.41, 5.74) is 4.30. The summed E-state index contributed by atoms with van der Waals surface area (Å²) in [4.78, 5) is 10.9. The van der Waals surface area contributed by atoms with Crippen molar-refractivity contribution in [2.75, 3.05) is 12.0 Å². The van der Waals surface area contributed by atoms with E-state index >= 15 is 0 Å². The second-order valence-electron chi connectivity index (χ2n) is 8.96. The number of hydrogen-bond acceptors (Lipinski definition) is 6. The Kier molecular flexibility index (Phi) is 9.25. The molecule has 0 aliphatic carbocycles. The second-order valence-corrected chi connectivity index (χ2v) is 8.96. The van der Waals surface area contributed by atoms with Gasteiger partial charge in [0, 0.05) is 47.1 Å². The Morgan fingerprint density at radius 3 is 1.93 bits per heavy atom. The minimum atomic E-state index is 0. The quantitative estimate of drug-likeness (QED) is 0.116. The van der Waals surface area contributed by atoms with E-state index in [0.29, 0.717) is 28.9 Å². The molecular formula is C35H25N3O3Pd. The van der Waals surface area contributed by atoms with Gasteiger partial charge in [-0.3, -0.25) is 0 Å². The van der Waals surface area contributed by atoms with Crippen molar-refractivity contribution in [3.05, 3.63) is 146 Å². The molecule has 6 aromatic rings. The molecule has 0 unspecified atom stereocenters. The molecule has 0 N–H and O–H groups in total. The Morgan fingerprint density at radius 2 is 1.26 bits per heavy atom. The molecule has 0 radical (unpaired) electrons. The van der Waals surface area contributed by atoms with Gasteiger partial charge >= 0.3 is 20.4 Å². The molecule has 7 heteroatoms. The smallest absolute Gasteiger partial charge is 0.503 e. The third-order valence-electron chi connectivity index (χ3n) is 6.17. The third kappa shape index (κ3) is 6.84. The van der Waals surface area contributed by atoms with Gasteiger partial charge in [-0.1, -0.05) is 60.3 Å². The van der Waals surface area contributed by atoms with Crippen LogP contribution in [-0.4, -0.2) is 17.1 Å². The first-order valence-electron chi connectivity index (χ1n) is 13.0. The van der Waals surface area contributed by atoms with E-state index in [0.717, 1.165) is 28.3 Å². The van der Waals surface area contributed by atoms with Crippen molar-refractivity contribution in [3.63, 3.8) is 0 Å². The van der Waals surface area contributed by atoms with E-state index in [1.165, 1.54) is 0 Å². The molecular weight excluding hydrogens is 617 g/mol. The van der Waals surface area contributed by atoms with Crippen LogP contribution >= 0.6 is 0 Å². The van der Waals surface area contributed by atoms with E-state index in [2.05, 4.69) is 51.3 Å². The fraction of sp³-hybridized carbons (Fsp3) is 0.0286. The molecule has 208 valence electrons. The molecule has 0 amide bonds. The fourth-order valence-electron chi connectivity index (χ4n) is 4.33. The Balaban J connectivity index is 0.00000353. The fourth-order valence-corrected chi connectivity index (χ4v) is 4.33. The summed E-state index contributed by atoms with van der Waals surface area (Å²) >= 11 is 0. The molecule has 0 bridgehead atoms. The van der Waals surface area contributed by atoms with Gasteiger partial charge in [0.15, 0.2) is 0 Å². The maximum Gasteiger partial charge on any atom is 2.00 e. The average Bonchev–Trinajstić information content (AvgIpc) is 3.03. The first-order chi connectivity index (χ1) is 20.2. The molecule has 0 spiro atoms. The van der Waals surface area contributed by atoms with Crippen molar-refractivity contribution in [2.24, 2.45) is 0 Å². The number of para-hydroxylation sites is 2. The van der Waals surface area contributed by atoms with Gasteiger partial charge in [0.2, 0.25) is 5.88 Å². The van der Waals surface area contributed by atoms with Crippen LogP contribution < -0.4 is 19.1 Å². The topological polar surface area (TPSA) is 56.7 Å². The summed E-state index contributed by atoms with van der Waals surface area (Å²) in [6, 6.07) is 45.5. The Bertz CT molecular complexity index is 1700. The summed E-state index contributed by atoms with van der Waals surface area (Å²) in [5.74, 6) is 2.59. The SMILES string of the molecule is COc1ccnc(-c2[c-]c(Oc3[c-]c(Oc4ccccn4)cc(N(c4ccccc4)c4ccccc4)c3)ccc2)c1.[Pd+2]. The van der Waals surface area contributed by atoms with E-state index in [-0.39, 0.29) is 20.4 Å². The number of hydrogen-bond donors (Lipinski definition) is 0. The van der Waals surface area contributed by atoms with Crippen LogP contribution in [0.15, 0.2) is 134 Å². The molecule has 0 fully saturated rings. The van der Waals surface area contributed by atoms with Crippen LogP contribution in [-0.2, 0) is 20.4 Å². The van der Waals surface area contributed by atoms with Gasteiger partial charge < -0.3 is 24.1 Å². The Labute approximate surface area is 258 Å². The molecule has 0 saturated heterocycles. The summed E-state index contributed by atoms with van der Waals surface area (Å²) in [6.45, 7) is 0. The molecule has 2 aromatic heterocycles. The van der Waals surface area contributed by atoms with Crippen molar-refractivity contribution < 1.29 is 34.6 Å². The third-order valence-corrected chi connectivity index (χ3v) is 6.17. The maximum atomic E-state index is 6.34. The molecule has 42 heavy (non-hydrogen) atoms. The van der Waals surface area contributed by atoms with E-state index in [9.17, 15) is 0 Å². The summed E-state index contributed by atoms with van der Waals surface area (Å²) in [5, 5.41) is 0. The first-order valence-corrected chi connectivity index (χ1v) is 13.0. The normalized spacial score (nSPS) is 10.3. The van der Waals surface area contributed by atoms with E-state index in [1.54, 1.807) is 31.6 Å². The number of methoxy groups -OCH3 is 1. The van der Waals surface area contributed by atoms with Crippen molar-refractivity contribution >= 4 is 17.1 Å². The van der Waals surface area contributed by atoms with Crippen LogP contribution in [0.1, 0.15) is 0 Å². The predicted molar refractivity (Wildman–Crippen MR) is 159 cm³/mol. The van der Waals surface area contributed by atoms with Crippen LogP contribution in [0.3, 0.4) is 0 Å². The zero-order chi connectivity index (χ0) is 27.9. The van der Waals surface area contributed by atoms with Crippen molar-refractivity contribution in [2.45, 2.75) is 0 Å². The van der Waals surface area contributed by atoms with Gasteiger partial charge in [-0.25, -0.2) is 4.98 Å². The van der Waals surface area contributed by atoms with Gasteiger partial charge in [0.25, 0.3) is 0 Å².